The molecule has 4 rings (SSSR count). The van der Waals surface area contributed by atoms with E-state index in [0.29, 0.717) is 34.7 Å². The summed E-state index contributed by atoms with van der Waals surface area (Å²) in [5.74, 6) is -2.83. The second-order valence-corrected chi connectivity index (χ2v) is 8.87. The molecule has 1 aliphatic rings. The van der Waals surface area contributed by atoms with Crippen molar-refractivity contribution in [3.63, 3.8) is 0 Å². The van der Waals surface area contributed by atoms with Gasteiger partial charge in [0.1, 0.15) is 6.54 Å². The van der Waals surface area contributed by atoms with E-state index in [9.17, 15) is 19.5 Å². The van der Waals surface area contributed by atoms with E-state index in [0.717, 1.165) is 5.56 Å². The van der Waals surface area contributed by atoms with Crippen molar-refractivity contribution in [2.24, 2.45) is 0 Å². The molecule has 174 valence electrons. The molecular formula is C26H22Cl2N2O4. The minimum Gasteiger partial charge on any atom is -0.480 e. The van der Waals surface area contributed by atoms with Crippen molar-refractivity contribution >= 4 is 41.0 Å². The van der Waals surface area contributed by atoms with Crippen molar-refractivity contribution in [3.05, 3.63) is 105 Å². The van der Waals surface area contributed by atoms with Crippen LogP contribution in [0.15, 0.2) is 72.8 Å². The first-order valence-corrected chi connectivity index (χ1v) is 11.5. The average Bonchev–Trinajstić information content (AvgIpc) is 2.81. The predicted octanol–water partition coefficient (Wildman–Crippen LogP) is 4.72. The summed E-state index contributed by atoms with van der Waals surface area (Å²) in [5.41, 5.74) is 2.36. The maximum atomic E-state index is 13.6. The Hall–Kier alpha value is -3.35. The molecule has 0 aliphatic carbocycles. The molecular weight excluding hydrogens is 475 g/mol. The van der Waals surface area contributed by atoms with Crippen molar-refractivity contribution in [2.75, 3.05) is 13.1 Å². The van der Waals surface area contributed by atoms with Gasteiger partial charge in [0, 0.05) is 22.2 Å². The molecule has 0 saturated carbocycles. The fraction of sp³-hybridized carbons (Fsp3) is 0.192. The SMILES string of the molecule is O=C(O)CN1C(=O)c2ccccc2[C@@H](C(=O)NCCc2ccccc2)[C@@H]1c1ccc(Cl)cc1Cl. The van der Waals surface area contributed by atoms with Crippen molar-refractivity contribution in [1.82, 2.24) is 10.2 Å². The first-order valence-electron chi connectivity index (χ1n) is 10.7. The Bertz CT molecular complexity index is 1230. The molecule has 2 atom stereocenters. The highest BCUT2D eigenvalue weighted by Gasteiger charge is 2.45. The van der Waals surface area contributed by atoms with E-state index in [1.807, 2.05) is 30.3 Å². The Morgan fingerprint density at radius 2 is 1.65 bits per heavy atom. The molecule has 2 amide bonds. The van der Waals surface area contributed by atoms with Crippen LogP contribution < -0.4 is 5.32 Å². The number of benzene rings is 3. The summed E-state index contributed by atoms with van der Waals surface area (Å²) in [4.78, 5) is 39.8. The highest BCUT2D eigenvalue weighted by molar-refractivity contribution is 6.35. The van der Waals surface area contributed by atoms with Crippen LogP contribution in [0.2, 0.25) is 10.0 Å². The first kappa shape index (κ1) is 23.8. The molecule has 34 heavy (non-hydrogen) atoms. The van der Waals surface area contributed by atoms with E-state index in [4.69, 9.17) is 23.2 Å². The summed E-state index contributed by atoms with van der Waals surface area (Å²) in [7, 11) is 0. The van der Waals surface area contributed by atoms with Crippen LogP contribution in [0.25, 0.3) is 0 Å². The van der Waals surface area contributed by atoms with Gasteiger partial charge in [0.25, 0.3) is 5.91 Å². The highest BCUT2D eigenvalue weighted by atomic mass is 35.5. The van der Waals surface area contributed by atoms with Gasteiger partial charge in [-0.15, -0.1) is 0 Å². The van der Waals surface area contributed by atoms with Crippen LogP contribution in [0.5, 0.6) is 0 Å². The normalized spacial score (nSPS) is 17.2. The number of carbonyl (C=O) groups excluding carboxylic acids is 2. The molecule has 1 aliphatic heterocycles. The number of fused-ring (bicyclic) bond motifs is 1. The number of hydrogen-bond donors (Lipinski definition) is 2. The van der Waals surface area contributed by atoms with E-state index in [1.54, 1.807) is 36.4 Å². The van der Waals surface area contributed by atoms with Crippen LogP contribution in [0.4, 0.5) is 0 Å². The number of nitrogens with one attached hydrogen (secondary N) is 1. The molecule has 8 heteroatoms. The average molecular weight is 497 g/mol. The molecule has 3 aromatic rings. The Morgan fingerprint density at radius 1 is 0.941 bits per heavy atom. The molecule has 0 aromatic heterocycles. The van der Waals surface area contributed by atoms with Gasteiger partial charge in [-0.2, -0.15) is 0 Å². The standard InChI is InChI=1S/C26H22Cl2N2O4/c27-17-10-11-20(21(28)14-17)24-23(25(33)29-13-12-16-6-2-1-3-7-16)18-8-4-5-9-19(18)26(34)30(24)15-22(31)32/h1-11,14,23-24H,12-13,15H2,(H,29,33)(H,31,32)/t23-,24+/m1/s1. The van der Waals surface area contributed by atoms with Crippen LogP contribution in [0.1, 0.15) is 39.0 Å². The van der Waals surface area contributed by atoms with Gasteiger partial charge >= 0.3 is 5.97 Å². The Balaban J connectivity index is 1.75. The molecule has 0 radical (unpaired) electrons. The highest BCUT2D eigenvalue weighted by Crippen LogP contribution is 2.45. The number of hydrogen-bond acceptors (Lipinski definition) is 3. The van der Waals surface area contributed by atoms with Crippen LogP contribution in [-0.4, -0.2) is 40.9 Å². The van der Waals surface area contributed by atoms with Gasteiger partial charge in [0.2, 0.25) is 5.91 Å². The smallest absolute Gasteiger partial charge is 0.323 e. The lowest BCUT2D eigenvalue weighted by atomic mass is 9.79. The number of rotatable bonds is 7. The maximum Gasteiger partial charge on any atom is 0.323 e. The monoisotopic (exact) mass is 496 g/mol. The van der Waals surface area contributed by atoms with Gasteiger partial charge < -0.3 is 15.3 Å². The summed E-state index contributed by atoms with van der Waals surface area (Å²) in [6, 6.07) is 20.4. The summed E-state index contributed by atoms with van der Waals surface area (Å²) in [6.45, 7) is -0.194. The van der Waals surface area contributed by atoms with Gasteiger partial charge in [-0.3, -0.25) is 14.4 Å². The number of amides is 2. The van der Waals surface area contributed by atoms with Gasteiger partial charge in [-0.05, 0) is 41.3 Å². The van der Waals surface area contributed by atoms with E-state index >= 15 is 0 Å². The number of aliphatic carboxylic acids is 1. The Morgan fingerprint density at radius 3 is 2.35 bits per heavy atom. The van der Waals surface area contributed by atoms with E-state index in [1.165, 1.54) is 11.0 Å². The second kappa shape index (κ2) is 10.3. The van der Waals surface area contributed by atoms with E-state index in [2.05, 4.69) is 5.32 Å². The van der Waals surface area contributed by atoms with Crippen molar-refractivity contribution in [2.45, 2.75) is 18.4 Å². The fourth-order valence-electron chi connectivity index (χ4n) is 4.37. The molecule has 0 bridgehead atoms. The number of carboxylic acids is 1. The van der Waals surface area contributed by atoms with Crippen LogP contribution in [0.3, 0.4) is 0 Å². The third kappa shape index (κ3) is 4.93. The Kier molecular flexibility index (Phi) is 7.20. The lowest BCUT2D eigenvalue weighted by molar-refractivity contribution is -0.139. The molecule has 0 saturated heterocycles. The third-order valence-corrected chi connectivity index (χ3v) is 6.43. The summed E-state index contributed by atoms with van der Waals surface area (Å²) >= 11 is 12.6. The molecule has 2 N–H and O–H groups in total. The summed E-state index contributed by atoms with van der Waals surface area (Å²) in [5, 5.41) is 13.2. The first-order chi connectivity index (χ1) is 16.4. The second-order valence-electron chi connectivity index (χ2n) is 8.03. The third-order valence-electron chi connectivity index (χ3n) is 5.86. The number of halogens is 2. The predicted molar refractivity (Wildman–Crippen MR) is 130 cm³/mol. The molecule has 0 unspecified atom stereocenters. The fourth-order valence-corrected chi connectivity index (χ4v) is 4.89. The van der Waals surface area contributed by atoms with Gasteiger partial charge in [0.05, 0.1) is 12.0 Å². The number of carbonyl (C=O) groups is 3. The minimum atomic E-state index is -1.19. The van der Waals surface area contributed by atoms with E-state index in [-0.39, 0.29) is 10.9 Å². The molecule has 0 fully saturated rings. The number of nitrogens with zero attached hydrogens (tertiary/aromatic N) is 1. The van der Waals surface area contributed by atoms with Crippen molar-refractivity contribution in [3.8, 4) is 0 Å². The maximum absolute atomic E-state index is 13.6. The van der Waals surface area contributed by atoms with Gasteiger partial charge in [-0.1, -0.05) is 77.8 Å². The van der Waals surface area contributed by atoms with Crippen molar-refractivity contribution < 1.29 is 19.5 Å². The number of carboxylic acid groups (broad SMARTS) is 1. The largest absolute Gasteiger partial charge is 0.480 e. The summed E-state index contributed by atoms with van der Waals surface area (Å²) in [6.07, 6.45) is 0.630. The van der Waals surface area contributed by atoms with Crippen LogP contribution >= 0.6 is 23.2 Å². The quantitative estimate of drug-likeness (QED) is 0.495. The lowest BCUT2D eigenvalue weighted by Crippen LogP contribution is -2.49. The molecule has 3 aromatic carbocycles. The Labute approximate surface area is 207 Å². The zero-order valence-electron chi connectivity index (χ0n) is 18.1. The molecule has 6 nitrogen and oxygen atoms in total. The zero-order chi connectivity index (χ0) is 24.2. The molecule has 1 heterocycles. The lowest BCUT2D eigenvalue weighted by Gasteiger charge is -2.41. The van der Waals surface area contributed by atoms with Crippen LogP contribution in [-0.2, 0) is 16.0 Å². The topological polar surface area (TPSA) is 86.7 Å². The van der Waals surface area contributed by atoms with E-state index < -0.39 is 30.4 Å². The zero-order valence-corrected chi connectivity index (χ0v) is 19.6. The minimum absolute atomic E-state index is 0.252. The van der Waals surface area contributed by atoms with Crippen molar-refractivity contribution in [1.29, 1.82) is 0 Å². The van der Waals surface area contributed by atoms with Gasteiger partial charge in [0.15, 0.2) is 0 Å². The molecule has 0 spiro atoms. The summed E-state index contributed by atoms with van der Waals surface area (Å²) < 4.78 is 0. The van der Waals surface area contributed by atoms with Gasteiger partial charge in [-0.25, -0.2) is 0 Å². The van der Waals surface area contributed by atoms with Crippen LogP contribution in [0, 0.1) is 0 Å².